The third kappa shape index (κ3) is 2.75. The Bertz CT molecular complexity index is 697. The molecule has 1 atom stereocenters. The van der Waals surface area contributed by atoms with E-state index in [1.165, 1.54) is 18.5 Å². The van der Waals surface area contributed by atoms with Crippen LogP contribution in [0.25, 0.3) is 0 Å². The summed E-state index contributed by atoms with van der Waals surface area (Å²) < 4.78 is 0. The van der Waals surface area contributed by atoms with Crippen LogP contribution in [0.3, 0.4) is 0 Å². The number of H-pyrrole nitrogens is 1. The van der Waals surface area contributed by atoms with Crippen LogP contribution in [-0.2, 0) is 17.8 Å². The van der Waals surface area contributed by atoms with Gasteiger partial charge in [0.25, 0.3) is 0 Å². The van der Waals surface area contributed by atoms with Crippen molar-refractivity contribution in [3.05, 3.63) is 41.7 Å². The third-order valence-electron chi connectivity index (χ3n) is 3.30. The van der Waals surface area contributed by atoms with Crippen molar-refractivity contribution in [2.75, 3.05) is 5.32 Å². The third-order valence-corrected chi connectivity index (χ3v) is 3.30. The highest BCUT2D eigenvalue weighted by Crippen LogP contribution is 2.14. The molecule has 3 rings (SSSR count). The number of hydrogen-bond donors (Lipinski definition) is 4. The van der Waals surface area contributed by atoms with Crippen molar-refractivity contribution >= 4 is 17.6 Å². The van der Waals surface area contributed by atoms with Gasteiger partial charge in [-0.1, -0.05) is 0 Å². The first-order chi connectivity index (χ1) is 10.1. The smallest absolute Gasteiger partial charge is 0.337 e. The van der Waals surface area contributed by atoms with E-state index < -0.39 is 12.0 Å². The molecule has 0 bridgehead atoms. The van der Waals surface area contributed by atoms with Gasteiger partial charge in [-0.05, 0) is 6.07 Å². The van der Waals surface area contributed by atoms with E-state index in [-0.39, 0.29) is 11.5 Å². The average Bonchev–Trinajstić information content (AvgIpc) is 2.94. The lowest BCUT2D eigenvalue weighted by Gasteiger charge is -2.22. The van der Waals surface area contributed by atoms with Crippen LogP contribution in [-0.4, -0.2) is 38.0 Å². The lowest BCUT2D eigenvalue weighted by Crippen LogP contribution is -2.44. The second-order valence-electron chi connectivity index (χ2n) is 4.72. The molecule has 4 N–H and O–H groups in total. The fraction of sp³-hybridized carbons (Fsp3) is 0.231. The Hall–Kier alpha value is -2.74. The van der Waals surface area contributed by atoms with Gasteiger partial charge in [-0.2, -0.15) is 0 Å². The lowest BCUT2D eigenvalue weighted by atomic mass is 10.0. The normalized spacial score (nSPS) is 17.0. The second kappa shape index (κ2) is 5.33. The zero-order valence-electron chi connectivity index (χ0n) is 11.0. The van der Waals surface area contributed by atoms with Crippen LogP contribution in [0, 0.1) is 0 Å². The summed E-state index contributed by atoms with van der Waals surface area (Å²) >= 11 is 0. The van der Waals surface area contributed by atoms with Gasteiger partial charge in [-0.15, -0.1) is 0 Å². The number of aromatic nitrogens is 3. The Morgan fingerprint density at radius 1 is 1.38 bits per heavy atom. The van der Waals surface area contributed by atoms with Gasteiger partial charge in [-0.3, -0.25) is 15.1 Å². The Morgan fingerprint density at radius 2 is 2.24 bits per heavy atom. The van der Waals surface area contributed by atoms with E-state index in [9.17, 15) is 9.59 Å². The van der Waals surface area contributed by atoms with Crippen LogP contribution in [0.5, 0.6) is 0 Å². The summed E-state index contributed by atoms with van der Waals surface area (Å²) in [6.07, 6.45) is 4.73. The fourth-order valence-corrected chi connectivity index (χ4v) is 2.21. The molecule has 0 saturated carbocycles. The quantitative estimate of drug-likeness (QED) is 0.638. The van der Waals surface area contributed by atoms with Gasteiger partial charge in [0.2, 0.25) is 5.91 Å². The molecule has 2 aromatic rings. The first-order valence-electron chi connectivity index (χ1n) is 6.37. The minimum absolute atomic E-state index is 0.0268. The minimum Gasteiger partial charge on any atom is -0.478 e. The number of anilines is 1. The molecule has 0 spiro atoms. The molecular formula is C13H13N5O3. The number of carboxylic acid groups (broad SMARTS) is 1. The second-order valence-corrected chi connectivity index (χ2v) is 4.72. The van der Waals surface area contributed by atoms with Gasteiger partial charge in [0, 0.05) is 19.2 Å². The zero-order valence-corrected chi connectivity index (χ0v) is 11.0. The van der Waals surface area contributed by atoms with Crippen LogP contribution in [0.2, 0.25) is 0 Å². The van der Waals surface area contributed by atoms with E-state index in [0.717, 1.165) is 11.4 Å². The van der Waals surface area contributed by atoms with E-state index in [2.05, 4.69) is 25.6 Å². The van der Waals surface area contributed by atoms with Crippen molar-refractivity contribution in [1.82, 2.24) is 20.3 Å². The highest BCUT2D eigenvalue weighted by Gasteiger charge is 2.25. The monoisotopic (exact) mass is 287 g/mol. The summed E-state index contributed by atoms with van der Waals surface area (Å²) in [4.78, 5) is 34.0. The summed E-state index contributed by atoms with van der Waals surface area (Å²) in [6.45, 7) is 0.542. The summed E-state index contributed by atoms with van der Waals surface area (Å²) in [6, 6.07) is 0.963. The number of hydrogen-bond acceptors (Lipinski definition) is 5. The molecule has 8 nitrogen and oxygen atoms in total. The van der Waals surface area contributed by atoms with Gasteiger partial charge < -0.3 is 15.4 Å². The number of aromatic carboxylic acids is 1. The molecule has 8 heteroatoms. The van der Waals surface area contributed by atoms with Crippen molar-refractivity contribution in [2.24, 2.45) is 0 Å². The molecule has 3 heterocycles. The number of pyridine rings is 1. The van der Waals surface area contributed by atoms with Crippen LogP contribution < -0.4 is 10.6 Å². The first-order valence-corrected chi connectivity index (χ1v) is 6.37. The number of carbonyl (C=O) groups excluding carboxylic acids is 1. The highest BCUT2D eigenvalue weighted by molar-refractivity contribution is 5.96. The maximum atomic E-state index is 12.2. The number of nitrogens with zero attached hydrogens (tertiary/aromatic N) is 2. The number of aromatic amines is 1. The number of imidazole rings is 1. The topological polar surface area (TPSA) is 120 Å². The van der Waals surface area contributed by atoms with Crippen molar-refractivity contribution in [3.63, 3.8) is 0 Å². The van der Waals surface area contributed by atoms with Gasteiger partial charge in [0.05, 0.1) is 41.2 Å². The largest absolute Gasteiger partial charge is 0.478 e. The summed E-state index contributed by atoms with van der Waals surface area (Å²) in [5, 5.41) is 14.7. The molecule has 1 unspecified atom stereocenters. The Kier molecular flexibility index (Phi) is 3.36. The SMILES string of the molecule is O=C(O)c1cncc(NC(=O)C2Cc3nc[nH]c3CN2)c1. The van der Waals surface area contributed by atoms with E-state index in [0.29, 0.717) is 18.7 Å². The minimum atomic E-state index is -1.09. The molecule has 0 fully saturated rings. The summed E-state index contributed by atoms with van der Waals surface area (Å²) in [5.74, 6) is -1.33. The highest BCUT2D eigenvalue weighted by atomic mass is 16.4. The predicted molar refractivity (Wildman–Crippen MR) is 72.7 cm³/mol. The maximum absolute atomic E-state index is 12.2. The Morgan fingerprint density at radius 3 is 3.05 bits per heavy atom. The summed E-state index contributed by atoms with van der Waals surface area (Å²) in [5.41, 5.74) is 2.23. The van der Waals surface area contributed by atoms with E-state index in [1.54, 1.807) is 6.33 Å². The Labute approximate surface area is 119 Å². The lowest BCUT2D eigenvalue weighted by molar-refractivity contribution is -0.118. The molecule has 0 radical (unpaired) electrons. The van der Waals surface area contributed by atoms with Crippen molar-refractivity contribution in [1.29, 1.82) is 0 Å². The molecule has 1 aliphatic rings. The van der Waals surface area contributed by atoms with Gasteiger partial charge in [0.15, 0.2) is 0 Å². The van der Waals surface area contributed by atoms with Crippen LogP contribution >= 0.6 is 0 Å². The standard InChI is InChI=1S/C13H13N5O3/c19-12(10-2-9-11(5-15-10)17-6-16-9)18-8-1-7(13(20)21)3-14-4-8/h1,3-4,6,10,15H,2,5H2,(H,16,17)(H,18,19)(H,20,21). The Balaban J connectivity index is 1.70. The maximum Gasteiger partial charge on any atom is 0.337 e. The summed E-state index contributed by atoms with van der Waals surface area (Å²) in [7, 11) is 0. The molecule has 108 valence electrons. The number of rotatable bonds is 3. The van der Waals surface area contributed by atoms with Crippen LogP contribution in [0.4, 0.5) is 5.69 Å². The van der Waals surface area contributed by atoms with Gasteiger partial charge in [0.1, 0.15) is 0 Å². The molecule has 1 amide bonds. The van der Waals surface area contributed by atoms with E-state index in [1.807, 2.05) is 0 Å². The number of carbonyl (C=O) groups is 2. The fourth-order valence-electron chi connectivity index (χ4n) is 2.21. The first kappa shape index (κ1) is 13.3. The molecule has 0 aliphatic carbocycles. The average molecular weight is 287 g/mol. The molecule has 21 heavy (non-hydrogen) atoms. The van der Waals surface area contributed by atoms with Gasteiger partial charge >= 0.3 is 5.97 Å². The predicted octanol–water partition coefficient (Wildman–Crippen LogP) is 0.156. The molecule has 1 aliphatic heterocycles. The van der Waals surface area contributed by atoms with Gasteiger partial charge in [-0.25, -0.2) is 9.78 Å². The van der Waals surface area contributed by atoms with Crippen LogP contribution in [0.15, 0.2) is 24.8 Å². The number of carboxylic acids is 1. The van der Waals surface area contributed by atoms with E-state index >= 15 is 0 Å². The number of nitrogens with one attached hydrogen (secondary N) is 3. The number of amides is 1. The molecular weight excluding hydrogens is 274 g/mol. The number of fused-ring (bicyclic) bond motifs is 1. The molecule has 0 saturated heterocycles. The van der Waals surface area contributed by atoms with E-state index in [4.69, 9.17) is 5.11 Å². The van der Waals surface area contributed by atoms with Crippen molar-refractivity contribution in [3.8, 4) is 0 Å². The molecule has 2 aromatic heterocycles. The van der Waals surface area contributed by atoms with Crippen LogP contribution in [0.1, 0.15) is 21.7 Å². The van der Waals surface area contributed by atoms with Crippen molar-refractivity contribution in [2.45, 2.75) is 19.0 Å². The van der Waals surface area contributed by atoms with Crippen molar-refractivity contribution < 1.29 is 14.7 Å². The molecule has 0 aromatic carbocycles. The zero-order chi connectivity index (χ0) is 14.8.